The third kappa shape index (κ3) is 2.09. The number of hydrogen-bond acceptors (Lipinski definition) is 2. The van der Waals surface area contributed by atoms with Crippen LogP contribution in [0.2, 0.25) is 19.6 Å². The molecule has 2 N–H and O–H groups in total. The molecule has 0 aliphatic heterocycles. The predicted molar refractivity (Wildman–Crippen MR) is 70.7 cm³/mol. The van der Waals surface area contributed by atoms with Crippen molar-refractivity contribution in [2.24, 2.45) is 0 Å². The van der Waals surface area contributed by atoms with Gasteiger partial charge in [0.2, 0.25) is 5.95 Å². The molecule has 0 aliphatic carbocycles. The molecule has 0 radical (unpaired) electrons. The lowest BCUT2D eigenvalue weighted by atomic mass is 10.3. The maximum atomic E-state index is 5.85. The molecule has 2 rings (SSSR count). The molecule has 1 heterocycles. The van der Waals surface area contributed by atoms with Gasteiger partial charge in [0.15, 0.2) is 0 Å². The first-order chi connectivity index (χ1) is 7.47. The van der Waals surface area contributed by atoms with E-state index in [-0.39, 0.29) is 0 Å². The first-order valence-corrected chi connectivity index (χ1v) is 8.73. The van der Waals surface area contributed by atoms with Gasteiger partial charge in [-0.3, -0.25) is 0 Å². The molecule has 1 aromatic heterocycles. The van der Waals surface area contributed by atoms with Crippen LogP contribution in [0.25, 0.3) is 11.0 Å². The highest BCUT2D eigenvalue weighted by Gasteiger charge is 2.09. The van der Waals surface area contributed by atoms with Crippen molar-refractivity contribution in [2.75, 3.05) is 5.73 Å². The Labute approximate surface area is 96.3 Å². The number of nitrogens with zero attached hydrogens (tertiary/aromatic N) is 2. The Kier molecular flexibility index (Phi) is 2.48. The van der Waals surface area contributed by atoms with Crippen molar-refractivity contribution in [1.29, 1.82) is 0 Å². The molecule has 0 unspecified atom stereocenters. The summed E-state index contributed by atoms with van der Waals surface area (Å²) in [4.78, 5) is 4.27. The van der Waals surface area contributed by atoms with Gasteiger partial charge in [0.1, 0.15) is 8.07 Å². The molecular formula is C12H15N3Si. The molecule has 0 saturated heterocycles. The Morgan fingerprint density at radius 3 is 2.62 bits per heavy atom. The van der Waals surface area contributed by atoms with Crippen molar-refractivity contribution in [3.63, 3.8) is 0 Å². The molecule has 0 saturated carbocycles. The van der Waals surface area contributed by atoms with Crippen molar-refractivity contribution in [1.82, 2.24) is 9.55 Å². The predicted octanol–water partition coefficient (Wildman–Crippen LogP) is 2.30. The number of nitrogen functional groups attached to an aromatic ring is 1. The molecule has 0 bridgehead atoms. The number of para-hydroxylation sites is 2. The highest BCUT2D eigenvalue weighted by Crippen LogP contribution is 2.15. The second-order valence-electron chi connectivity index (χ2n) is 4.78. The van der Waals surface area contributed by atoms with E-state index in [0.29, 0.717) is 5.95 Å². The monoisotopic (exact) mass is 229 g/mol. The van der Waals surface area contributed by atoms with Crippen LogP contribution in [0.3, 0.4) is 0 Å². The van der Waals surface area contributed by atoms with Gasteiger partial charge in [-0.1, -0.05) is 31.8 Å². The van der Waals surface area contributed by atoms with Crippen LogP contribution >= 0.6 is 0 Å². The van der Waals surface area contributed by atoms with Gasteiger partial charge in [0, 0.05) is 6.04 Å². The van der Waals surface area contributed by atoms with Crippen molar-refractivity contribution in [3.05, 3.63) is 24.3 Å². The number of aromatic nitrogens is 2. The van der Waals surface area contributed by atoms with Crippen LogP contribution in [-0.2, 0) is 0 Å². The molecule has 3 nitrogen and oxygen atoms in total. The van der Waals surface area contributed by atoms with Crippen molar-refractivity contribution in [2.45, 2.75) is 19.6 Å². The van der Waals surface area contributed by atoms with Gasteiger partial charge in [-0.05, 0) is 12.1 Å². The second kappa shape index (κ2) is 3.69. The molecule has 16 heavy (non-hydrogen) atoms. The van der Waals surface area contributed by atoms with Crippen LogP contribution in [-0.4, -0.2) is 17.6 Å². The lowest BCUT2D eigenvalue weighted by molar-refractivity contribution is 1.17. The summed E-state index contributed by atoms with van der Waals surface area (Å²) in [5, 5.41) is 0. The minimum absolute atomic E-state index is 0.465. The van der Waals surface area contributed by atoms with Crippen LogP contribution in [0.1, 0.15) is 0 Å². The Morgan fingerprint density at radius 1 is 1.25 bits per heavy atom. The minimum Gasteiger partial charge on any atom is -0.368 e. The van der Waals surface area contributed by atoms with Crippen LogP contribution < -0.4 is 5.73 Å². The largest absolute Gasteiger partial charge is 0.368 e. The molecule has 0 fully saturated rings. The zero-order valence-electron chi connectivity index (χ0n) is 9.78. The summed E-state index contributed by atoms with van der Waals surface area (Å²) in [6.45, 7) is 6.61. The Morgan fingerprint density at radius 2 is 1.94 bits per heavy atom. The summed E-state index contributed by atoms with van der Waals surface area (Å²) in [5.41, 5.74) is 11.0. The number of anilines is 1. The lowest BCUT2D eigenvalue weighted by Crippen LogP contribution is -2.17. The highest BCUT2D eigenvalue weighted by molar-refractivity contribution is 6.83. The summed E-state index contributed by atoms with van der Waals surface area (Å²) in [7, 11) is -1.39. The van der Waals surface area contributed by atoms with E-state index in [4.69, 9.17) is 5.73 Å². The fourth-order valence-corrected chi connectivity index (χ4v) is 1.83. The van der Waals surface area contributed by atoms with Gasteiger partial charge < -0.3 is 5.73 Å². The molecule has 4 heteroatoms. The van der Waals surface area contributed by atoms with Gasteiger partial charge >= 0.3 is 0 Å². The number of hydrogen-bond donors (Lipinski definition) is 1. The SMILES string of the molecule is C[Si](C)(C)C#Cn1c(N)nc2ccccc21. The molecular weight excluding hydrogens is 214 g/mol. The number of fused-ring (bicyclic) bond motifs is 1. The zero-order chi connectivity index (χ0) is 11.8. The fourth-order valence-electron chi connectivity index (χ4n) is 1.39. The molecule has 1 aromatic carbocycles. The average molecular weight is 229 g/mol. The quantitative estimate of drug-likeness (QED) is 0.556. The van der Waals surface area contributed by atoms with E-state index < -0.39 is 8.07 Å². The van der Waals surface area contributed by atoms with Crippen molar-refractivity contribution < 1.29 is 0 Å². The number of nitrogens with two attached hydrogens (primary N) is 1. The summed E-state index contributed by atoms with van der Waals surface area (Å²) >= 11 is 0. The third-order valence-electron chi connectivity index (χ3n) is 2.13. The van der Waals surface area contributed by atoms with Crippen LogP contribution in [0.5, 0.6) is 0 Å². The lowest BCUT2D eigenvalue weighted by Gasteiger charge is -2.03. The Balaban J connectivity index is 2.59. The fraction of sp³-hybridized carbons (Fsp3) is 0.250. The van der Waals surface area contributed by atoms with Gasteiger partial charge in [-0.2, -0.15) is 0 Å². The molecule has 82 valence electrons. The van der Waals surface area contributed by atoms with Gasteiger partial charge in [0.25, 0.3) is 0 Å². The minimum atomic E-state index is -1.39. The number of benzene rings is 1. The first-order valence-electron chi connectivity index (χ1n) is 5.23. The molecule has 0 amide bonds. The topological polar surface area (TPSA) is 43.8 Å². The molecule has 2 aromatic rings. The highest BCUT2D eigenvalue weighted by atomic mass is 28.3. The van der Waals surface area contributed by atoms with Gasteiger partial charge in [-0.25, -0.2) is 9.55 Å². The van der Waals surface area contributed by atoms with E-state index in [0.717, 1.165) is 11.0 Å². The summed E-state index contributed by atoms with van der Waals surface area (Å²) in [6, 6.07) is 11.0. The van der Waals surface area contributed by atoms with E-state index in [2.05, 4.69) is 36.2 Å². The average Bonchev–Trinajstić information content (AvgIpc) is 2.49. The first kappa shape index (κ1) is 10.8. The maximum Gasteiger partial charge on any atom is 0.213 e. The molecule has 0 aliphatic rings. The third-order valence-corrected chi connectivity index (χ3v) is 2.99. The van der Waals surface area contributed by atoms with Gasteiger partial charge in [0.05, 0.1) is 11.0 Å². The summed E-state index contributed by atoms with van der Waals surface area (Å²) in [5.74, 6) is 0.465. The van der Waals surface area contributed by atoms with Crippen LogP contribution in [0.4, 0.5) is 5.95 Å². The van der Waals surface area contributed by atoms with E-state index >= 15 is 0 Å². The Bertz CT molecular complexity index is 582. The van der Waals surface area contributed by atoms with E-state index in [1.54, 1.807) is 4.57 Å². The Hall–Kier alpha value is -1.73. The number of rotatable bonds is 0. The second-order valence-corrected chi connectivity index (χ2v) is 9.53. The van der Waals surface area contributed by atoms with Crippen LogP contribution in [0.15, 0.2) is 24.3 Å². The maximum absolute atomic E-state index is 5.85. The summed E-state index contributed by atoms with van der Waals surface area (Å²) in [6.07, 6.45) is 0. The molecule has 0 spiro atoms. The number of imidazole rings is 1. The van der Waals surface area contributed by atoms with E-state index in [1.807, 2.05) is 24.3 Å². The van der Waals surface area contributed by atoms with E-state index in [1.165, 1.54) is 0 Å². The van der Waals surface area contributed by atoms with Gasteiger partial charge in [-0.15, -0.1) is 5.54 Å². The smallest absolute Gasteiger partial charge is 0.213 e. The molecule has 0 atom stereocenters. The standard InChI is InChI=1S/C12H15N3Si/c1-16(2,3)9-8-15-11-7-5-4-6-10(11)14-12(15)13/h4-7H,1-3H3,(H2,13,14). The summed E-state index contributed by atoms with van der Waals surface area (Å²) < 4.78 is 1.77. The van der Waals surface area contributed by atoms with Crippen molar-refractivity contribution >= 4 is 25.1 Å². The van der Waals surface area contributed by atoms with Crippen molar-refractivity contribution in [3.8, 4) is 11.6 Å². The van der Waals surface area contributed by atoms with E-state index in [9.17, 15) is 0 Å². The normalized spacial score (nSPS) is 11.2. The van der Waals surface area contributed by atoms with Crippen LogP contribution in [0, 0.1) is 11.6 Å². The zero-order valence-corrected chi connectivity index (χ0v) is 10.8.